The Labute approximate surface area is 183 Å². The van der Waals surface area contributed by atoms with Crippen molar-refractivity contribution in [1.82, 2.24) is 34.6 Å². The molecule has 1 aliphatic heterocycles. The highest BCUT2D eigenvalue weighted by Gasteiger charge is 2.32. The molecule has 4 aromatic rings. The van der Waals surface area contributed by atoms with Crippen molar-refractivity contribution < 1.29 is 22.5 Å². The summed E-state index contributed by atoms with van der Waals surface area (Å²) in [6.07, 6.45) is 0.132. The summed E-state index contributed by atoms with van der Waals surface area (Å²) in [7, 11) is 0. The van der Waals surface area contributed by atoms with Crippen LogP contribution in [0.15, 0.2) is 39.9 Å². The second kappa shape index (κ2) is 7.83. The molecule has 1 N–H and O–H groups in total. The number of alkyl halides is 3. The van der Waals surface area contributed by atoms with Crippen LogP contribution in [0.3, 0.4) is 0 Å². The van der Waals surface area contributed by atoms with Gasteiger partial charge in [0.2, 0.25) is 12.2 Å². The smallest absolute Gasteiger partial charge is 0.345 e. The zero-order chi connectivity index (χ0) is 23.2. The van der Waals surface area contributed by atoms with Crippen LogP contribution in [0.1, 0.15) is 30.1 Å². The molecule has 0 aliphatic carbocycles. The van der Waals surface area contributed by atoms with E-state index in [1.165, 1.54) is 18.3 Å². The average molecular weight is 459 g/mol. The number of fused-ring (bicyclic) bond motifs is 1. The summed E-state index contributed by atoms with van der Waals surface area (Å²) in [6.45, 7) is 1.18. The van der Waals surface area contributed by atoms with Crippen LogP contribution in [0, 0.1) is 0 Å². The van der Waals surface area contributed by atoms with Crippen molar-refractivity contribution in [3.8, 4) is 22.8 Å². The summed E-state index contributed by atoms with van der Waals surface area (Å²) in [5.74, 6) is 0.129. The number of amides is 1. The summed E-state index contributed by atoms with van der Waals surface area (Å²) < 4.78 is 45.1. The number of likely N-dealkylation sites (tertiary alicyclic amines) is 1. The Morgan fingerprint density at radius 1 is 1.18 bits per heavy atom. The van der Waals surface area contributed by atoms with Crippen LogP contribution in [0.2, 0.25) is 0 Å². The molecular weight excluding hydrogens is 443 g/mol. The van der Waals surface area contributed by atoms with Gasteiger partial charge in [0.25, 0.3) is 11.4 Å². The number of rotatable bonds is 4. The van der Waals surface area contributed by atoms with Gasteiger partial charge in [0.1, 0.15) is 16.9 Å². The van der Waals surface area contributed by atoms with Crippen molar-refractivity contribution >= 4 is 12.1 Å². The summed E-state index contributed by atoms with van der Waals surface area (Å²) in [5, 5.41) is 8.19. The minimum absolute atomic E-state index is 0.0372. The number of carbonyl (C=O) groups excluding carboxylic acids is 1. The van der Waals surface area contributed by atoms with E-state index in [9.17, 15) is 22.8 Å². The van der Waals surface area contributed by atoms with E-state index < -0.39 is 11.9 Å². The van der Waals surface area contributed by atoms with Crippen molar-refractivity contribution in [2.75, 3.05) is 13.1 Å². The molecule has 4 aromatic heterocycles. The maximum absolute atomic E-state index is 12.7. The quantitative estimate of drug-likeness (QED) is 0.465. The van der Waals surface area contributed by atoms with Crippen LogP contribution in [0.5, 0.6) is 0 Å². The van der Waals surface area contributed by atoms with Gasteiger partial charge in [0.05, 0.1) is 11.9 Å². The number of aromatic amines is 1. The lowest BCUT2D eigenvalue weighted by Crippen LogP contribution is -2.32. The fourth-order valence-corrected chi connectivity index (χ4v) is 3.90. The van der Waals surface area contributed by atoms with Crippen LogP contribution in [-0.4, -0.2) is 54.1 Å². The number of aromatic nitrogens is 6. The Bertz CT molecular complexity index is 1370. The largest absolute Gasteiger partial charge is 0.433 e. The number of halogens is 3. The molecular formula is C20H16F3N7O3. The zero-order valence-corrected chi connectivity index (χ0v) is 16.9. The molecule has 1 saturated heterocycles. The predicted molar refractivity (Wildman–Crippen MR) is 107 cm³/mol. The Balaban J connectivity index is 1.48. The molecule has 1 fully saturated rings. The molecule has 0 aromatic carbocycles. The number of nitrogens with zero attached hydrogens (tertiary/aromatic N) is 6. The van der Waals surface area contributed by atoms with Crippen LogP contribution < -0.4 is 5.56 Å². The second-order valence-corrected chi connectivity index (χ2v) is 7.65. The average Bonchev–Trinajstić information content (AvgIpc) is 3.45. The van der Waals surface area contributed by atoms with Crippen molar-refractivity contribution in [1.29, 1.82) is 0 Å². The number of hydrogen-bond acceptors (Lipinski definition) is 7. The van der Waals surface area contributed by atoms with Crippen LogP contribution in [0.4, 0.5) is 13.2 Å². The van der Waals surface area contributed by atoms with Gasteiger partial charge in [-0.15, -0.1) is 0 Å². The summed E-state index contributed by atoms with van der Waals surface area (Å²) in [5.41, 5.74) is 0.321. The lowest BCUT2D eigenvalue weighted by molar-refractivity contribution is -0.141. The molecule has 5 rings (SSSR count). The van der Waals surface area contributed by atoms with Crippen molar-refractivity contribution in [2.45, 2.75) is 24.9 Å². The lowest BCUT2D eigenvalue weighted by atomic mass is 9.93. The van der Waals surface area contributed by atoms with Gasteiger partial charge in [-0.25, -0.2) is 4.52 Å². The number of piperidine rings is 1. The fourth-order valence-electron chi connectivity index (χ4n) is 3.90. The summed E-state index contributed by atoms with van der Waals surface area (Å²) >= 11 is 0. The van der Waals surface area contributed by atoms with Gasteiger partial charge in [0, 0.05) is 36.8 Å². The summed E-state index contributed by atoms with van der Waals surface area (Å²) in [6, 6.07) is 3.52. The standard InChI is InChI=1S/C20H16F3N7O3/c21-20(22,23)15-2-1-12(8-24-15)17-27-19(33-28-17)13-9-25-30-14(7-16(32)26-18(13)30)11-3-5-29(10-31)6-4-11/h1-2,7-11H,3-6H2,(H,26,32). The van der Waals surface area contributed by atoms with E-state index in [1.54, 1.807) is 9.42 Å². The van der Waals surface area contributed by atoms with E-state index in [-0.39, 0.29) is 28.8 Å². The molecule has 0 atom stereocenters. The first-order chi connectivity index (χ1) is 15.8. The minimum atomic E-state index is -4.55. The Morgan fingerprint density at radius 3 is 2.64 bits per heavy atom. The Kier molecular flexibility index (Phi) is 4.95. The van der Waals surface area contributed by atoms with Gasteiger partial charge in [-0.2, -0.15) is 23.3 Å². The zero-order valence-electron chi connectivity index (χ0n) is 16.9. The van der Waals surface area contributed by atoms with Gasteiger partial charge in [-0.05, 0) is 25.0 Å². The molecule has 0 spiro atoms. The van der Waals surface area contributed by atoms with E-state index in [2.05, 4.69) is 25.2 Å². The van der Waals surface area contributed by atoms with E-state index in [4.69, 9.17) is 4.52 Å². The van der Waals surface area contributed by atoms with E-state index >= 15 is 0 Å². The van der Waals surface area contributed by atoms with Crippen molar-refractivity contribution in [2.24, 2.45) is 0 Å². The van der Waals surface area contributed by atoms with Crippen molar-refractivity contribution in [3.05, 3.63) is 52.3 Å². The normalized spacial score (nSPS) is 15.3. The predicted octanol–water partition coefficient (Wildman–Crippen LogP) is 2.49. The first-order valence-electron chi connectivity index (χ1n) is 10.0. The number of carbonyl (C=O) groups is 1. The monoisotopic (exact) mass is 459 g/mol. The maximum atomic E-state index is 12.7. The Hall–Kier alpha value is -4.03. The molecule has 1 amide bonds. The molecule has 0 bridgehead atoms. The highest BCUT2D eigenvalue weighted by atomic mass is 19.4. The first-order valence-corrected chi connectivity index (χ1v) is 10.0. The second-order valence-electron chi connectivity index (χ2n) is 7.65. The van der Waals surface area contributed by atoms with E-state index in [0.29, 0.717) is 42.8 Å². The van der Waals surface area contributed by atoms with Crippen molar-refractivity contribution in [3.63, 3.8) is 0 Å². The minimum Gasteiger partial charge on any atom is -0.345 e. The molecule has 0 unspecified atom stereocenters. The molecule has 33 heavy (non-hydrogen) atoms. The van der Waals surface area contributed by atoms with Gasteiger partial charge < -0.3 is 14.4 Å². The summed E-state index contributed by atoms with van der Waals surface area (Å²) in [4.78, 5) is 35.4. The maximum Gasteiger partial charge on any atom is 0.433 e. The van der Waals surface area contributed by atoms with Gasteiger partial charge in [-0.3, -0.25) is 14.6 Å². The third-order valence-corrected chi connectivity index (χ3v) is 5.60. The highest BCUT2D eigenvalue weighted by molar-refractivity contribution is 5.72. The molecule has 13 heteroatoms. The van der Waals surface area contributed by atoms with Crippen LogP contribution >= 0.6 is 0 Å². The molecule has 10 nitrogen and oxygen atoms in total. The van der Waals surface area contributed by atoms with Gasteiger partial charge in [0.15, 0.2) is 0 Å². The third-order valence-electron chi connectivity index (χ3n) is 5.60. The number of nitrogens with one attached hydrogen (secondary N) is 1. The fraction of sp³-hybridized carbons (Fsp3) is 0.300. The molecule has 0 radical (unpaired) electrons. The van der Waals surface area contributed by atoms with Crippen LogP contribution in [0.25, 0.3) is 28.5 Å². The van der Waals surface area contributed by atoms with E-state index in [1.807, 2.05) is 0 Å². The molecule has 170 valence electrons. The van der Waals surface area contributed by atoms with Crippen LogP contribution in [-0.2, 0) is 11.0 Å². The molecule has 1 aliphatic rings. The number of pyridine rings is 1. The first kappa shape index (κ1) is 20.8. The topological polar surface area (TPSA) is 122 Å². The van der Waals surface area contributed by atoms with E-state index in [0.717, 1.165) is 18.7 Å². The molecule has 5 heterocycles. The number of H-pyrrole nitrogens is 1. The Morgan fingerprint density at radius 2 is 1.97 bits per heavy atom. The third kappa shape index (κ3) is 3.85. The molecule has 0 saturated carbocycles. The van der Waals surface area contributed by atoms with Gasteiger partial charge >= 0.3 is 6.18 Å². The number of hydrogen-bond donors (Lipinski definition) is 1. The highest BCUT2D eigenvalue weighted by Crippen LogP contribution is 2.31. The van der Waals surface area contributed by atoms with Gasteiger partial charge in [-0.1, -0.05) is 5.16 Å². The lowest BCUT2D eigenvalue weighted by Gasteiger charge is -2.29. The SMILES string of the molecule is O=CN1CCC(c2cc(=O)[nH]c3c(-c4nc(-c5ccc(C(F)(F)F)nc5)no4)cnn23)CC1.